The van der Waals surface area contributed by atoms with Crippen molar-refractivity contribution >= 4 is 5.95 Å². The average molecular weight is 249 g/mol. The number of hydrogen-bond acceptors (Lipinski definition) is 2. The van der Waals surface area contributed by atoms with Crippen molar-refractivity contribution in [3.8, 4) is 0 Å². The van der Waals surface area contributed by atoms with Gasteiger partial charge in [0.15, 0.2) is 0 Å². The predicted molar refractivity (Wildman–Crippen MR) is 76.8 cm³/mol. The second-order valence-corrected chi connectivity index (χ2v) is 6.03. The summed E-state index contributed by atoms with van der Waals surface area (Å²) in [6.45, 7) is 7.78. The molecule has 0 amide bonds. The van der Waals surface area contributed by atoms with Crippen molar-refractivity contribution in [2.24, 2.45) is 11.8 Å². The Kier molecular flexibility index (Phi) is 4.67. The topological polar surface area (TPSA) is 29.9 Å². The van der Waals surface area contributed by atoms with Crippen LogP contribution in [0.4, 0.5) is 5.95 Å². The molecule has 1 aromatic rings. The second-order valence-electron chi connectivity index (χ2n) is 6.03. The van der Waals surface area contributed by atoms with E-state index < -0.39 is 0 Å². The summed E-state index contributed by atoms with van der Waals surface area (Å²) in [6, 6.07) is 0.654. The van der Waals surface area contributed by atoms with Crippen LogP contribution in [0.2, 0.25) is 0 Å². The fourth-order valence-corrected chi connectivity index (χ4v) is 2.93. The minimum Gasteiger partial charge on any atom is -0.355 e. The first-order chi connectivity index (χ1) is 8.70. The van der Waals surface area contributed by atoms with Gasteiger partial charge in [-0.25, -0.2) is 4.98 Å². The van der Waals surface area contributed by atoms with Crippen molar-refractivity contribution in [1.29, 1.82) is 0 Å². The molecular weight excluding hydrogens is 222 g/mol. The van der Waals surface area contributed by atoms with E-state index in [2.05, 4.69) is 41.8 Å². The molecule has 0 spiro atoms. The van der Waals surface area contributed by atoms with Crippen molar-refractivity contribution in [3.63, 3.8) is 0 Å². The van der Waals surface area contributed by atoms with Gasteiger partial charge in [0, 0.05) is 25.0 Å². The molecule has 3 nitrogen and oxygen atoms in total. The van der Waals surface area contributed by atoms with Gasteiger partial charge in [-0.05, 0) is 24.7 Å². The summed E-state index contributed by atoms with van der Waals surface area (Å²) in [5.74, 6) is 2.62. The van der Waals surface area contributed by atoms with E-state index in [1.165, 1.54) is 32.1 Å². The Bertz CT molecular complexity index is 356. The van der Waals surface area contributed by atoms with Crippen LogP contribution in [-0.2, 0) is 0 Å². The highest BCUT2D eigenvalue weighted by Crippen LogP contribution is 2.35. The highest BCUT2D eigenvalue weighted by atomic mass is 15.2. The predicted octanol–water partition coefficient (Wildman–Crippen LogP) is 4.09. The minimum atomic E-state index is 0.654. The molecule has 1 N–H and O–H groups in total. The maximum absolute atomic E-state index is 4.47. The van der Waals surface area contributed by atoms with E-state index in [-0.39, 0.29) is 0 Å². The van der Waals surface area contributed by atoms with Gasteiger partial charge in [-0.1, -0.05) is 40.0 Å². The normalized spacial score (nSPS) is 24.4. The van der Waals surface area contributed by atoms with E-state index in [9.17, 15) is 0 Å². The quantitative estimate of drug-likeness (QED) is 0.851. The summed E-state index contributed by atoms with van der Waals surface area (Å²) in [4.78, 5) is 4.47. The van der Waals surface area contributed by atoms with Crippen LogP contribution >= 0.6 is 0 Å². The lowest BCUT2D eigenvalue weighted by Crippen LogP contribution is -2.21. The van der Waals surface area contributed by atoms with Crippen LogP contribution in [0.15, 0.2) is 12.4 Å². The molecule has 1 saturated carbocycles. The molecule has 1 heterocycles. The Balaban J connectivity index is 2.01. The molecule has 0 saturated heterocycles. The molecule has 1 fully saturated rings. The van der Waals surface area contributed by atoms with Gasteiger partial charge in [-0.3, -0.25) is 0 Å². The smallest absolute Gasteiger partial charge is 0.203 e. The van der Waals surface area contributed by atoms with Crippen LogP contribution in [0.25, 0.3) is 0 Å². The van der Waals surface area contributed by atoms with Crippen LogP contribution in [0.5, 0.6) is 0 Å². The first kappa shape index (κ1) is 13.4. The van der Waals surface area contributed by atoms with Crippen LogP contribution < -0.4 is 5.32 Å². The van der Waals surface area contributed by atoms with E-state index in [1.54, 1.807) is 0 Å². The summed E-state index contributed by atoms with van der Waals surface area (Å²) >= 11 is 0. The molecule has 1 aliphatic rings. The van der Waals surface area contributed by atoms with E-state index >= 15 is 0 Å². The Morgan fingerprint density at radius 1 is 1.44 bits per heavy atom. The third-order valence-corrected chi connectivity index (χ3v) is 4.06. The lowest BCUT2D eigenvalue weighted by atomic mass is 9.84. The standard InChI is InChI=1S/C15H27N3/c1-4-13-6-5-7-14(10-13)18-9-8-16-15(18)17-11-12(2)3/h8-9,12-14H,4-7,10-11H2,1-3H3,(H,16,17). The number of anilines is 1. The summed E-state index contributed by atoms with van der Waals surface area (Å²) < 4.78 is 2.37. The highest BCUT2D eigenvalue weighted by molar-refractivity contribution is 5.26. The lowest BCUT2D eigenvalue weighted by molar-refractivity contribution is 0.263. The molecule has 2 rings (SSSR count). The molecule has 3 heteroatoms. The molecule has 2 atom stereocenters. The lowest BCUT2D eigenvalue weighted by Gasteiger charge is -2.30. The summed E-state index contributed by atoms with van der Waals surface area (Å²) in [5.41, 5.74) is 0. The number of rotatable bonds is 5. The minimum absolute atomic E-state index is 0.654. The van der Waals surface area contributed by atoms with Gasteiger partial charge in [0.25, 0.3) is 0 Å². The van der Waals surface area contributed by atoms with Gasteiger partial charge in [0.05, 0.1) is 0 Å². The van der Waals surface area contributed by atoms with Gasteiger partial charge in [-0.2, -0.15) is 0 Å². The molecule has 0 aromatic carbocycles. The van der Waals surface area contributed by atoms with Crippen molar-refractivity contribution in [3.05, 3.63) is 12.4 Å². The molecule has 0 bridgehead atoms. The van der Waals surface area contributed by atoms with Crippen molar-refractivity contribution in [1.82, 2.24) is 9.55 Å². The Hall–Kier alpha value is -0.990. The second kappa shape index (κ2) is 6.26. The molecule has 18 heavy (non-hydrogen) atoms. The van der Waals surface area contributed by atoms with Crippen molar-refractivity contribution in [2.45, 2.75) is 58.9 Å². The van der Waals surface area contributed by atoms with Gasteiger partial charge in [0.2, 0.25) is 5.95 Å². The van der Waals surface area contributed by atoms with Crippen LogP contribution in [0.1, 0.15) is 58.9 Å². The maximum atomic E-state index is 4.47. The Morgan fingerprint density at radius 3 is 3.00 bits per heavy atom. The van der Waals surface area contributed by atoms with Crippen LogP contribution in [-0.4, -0.2) is 16.1 Å². The van der Waals surface area contributed by atoms with Crippen molar-refractivity contribution < 1.29 is 0 Å². The fraction of sp³-hybridized carbons (Fsp3) is 0.800. The van der Waals surface area contributed by atoms with E-state index in [0.717, 1.165) is 18.4 Å². The van der Waals surface area contributed by atoms with Gasteiger partial charge in [-0.15, -0.1) is 0 Å². The first-order valence-electron chi connectivity index (χ1n) is 7.47. The molecule has 2 unspecified atom stereocenters. The molecular formula is C15H27N3. The van der Waals surface area contributed by atoms with E-state index in [1.807, 2.05) is 6.20 Å². The zero-order chi connectivity index (χ0) is 13.0. The van der Waals surface area contributed by atoms with Crippen LogP contribution in [0, 0.1) is 11.8 Å². The van der Waals surface area contributed by atoms with E-state index in [4.69, 9.17) is 0 Å². The largest absolute Gasteiger partial charge is 0.355 e. The van der Waals surface area contributed by atoms with Gasteiger partial charge in [0.1, 0.15) is 0 Å². The number of nitrogens with zero attached hydrogens (tertiary/aromatic N) is 2. The SMILES string of the molecule is CCC1CCCC(n2ccnc2NCC(C)C)C1. The molecule has 1 aliphatic carbocycles. The number of aromatic nitrogens is 2. The number of nitrogens with one attached hydrogen (secondary N) is 1. The number of hydrogen-bond donors (Lipinski definition) is 1. The molecule has 0 aliphatic heterocycles. The van der Waals surface area contributed by atoms with Crippen molar-refractivity contribution in [2.75, 3.05) is 11.9 Å². The molecule has 0 radical (unpaired) electrons. The molecule has 1 aromatic heterocycles. The zero-order valence-electron chi connectivity index (χ0n) is 12.0. The number of imidazole rings is 1. The Morgan fingerprint density at radius 2 is 2.28 bits per heavy atom. The van der Waals surface area contributed by atoms with Gasteiger partial charge >= 0.3 is 0 Å². The highest BCUT2D eigenvalue weighted by Gasteiger charge is 2.23. The summed E-state index contributed by atoms with van der Waals surface area (Å²) in [6.07, 6.45) is 10.8. The van der Waals surface area contributed by atoms with E-state index in [0.29, 0.717) is 12.0 Å². The average Bonchev–Trinajstić information content (AvgIpc) is 2.84. The summed E-state index contributed by atoms with van der Waals surface area (Å²) in [7, 11) is 0. The first-order valence-corrected chi connectivity index (χ1v) is 7.47. The molecule has 102 valence electrons. The Labute approximate surface area is 111 Å². The summed E-state index contributed by atoms with van der Waals surface area (Å²) in [5, 5.41) is 3.47. The monoisotopic (exact) mass is 249 g/mol. The third kappa shape index (κ3) is 3.27. The maximum Gasteiger partial charge on any atom is 0.203 e. The zero-order valence-corrected chi connectivity index (χ0v) is 12.0. The van der Waals surface area contributed by atoms with Gasteiger partial charge < -0.3 is 9.88 Å². The van der Waals surface area contributed by atoms with Crippen LogP contribution in [0.3, 0.4) is 0 Å². The fourth-order valence-electron chi connectivity index (χ4n) is 2.93. The third-order valence-electron chi connectivity index (χ3n) is 4.06.